The number of carbonyl (C=O) groups excluding carboxylic acids is 3. The van der Waals surface area contributed by atoms with Gasteiger partial charge in [0, 0.05) is 18.8 Å². The molecule has 2 N–H and O–H groups in total. The summed E-state index contributed by atoms with van der Waals surface area (Å²) in [4.78, 5) is 41.4. The third-order valence-corrected chi connectivity index (χ3v) is 7.18. The normalized spacial score (nSPS) is 30.0. The van der Waals surface area contributed by atoms with Gasteiger partial charge in [0.15, 0.2) is 0 Å². The van der Waals surface area contributed by atoms with Crippen LogP contribution in [-0.2, 0) is 23.9 Å². The summed E-state index contributed by atoms with van der Waals surface area (Å²) in [5.74, 6) is -2.52. The maximum Gasteiger partial charge on any atom is 0.312 e. The Balaban J connectivity index is 1.48. The van der Waals surface area contributed by atoms with Crippen LogP contribution < -0.4 is 5.32 Å². The Hall–Kier alpha value is -2.97. The Morgan fingerprint density at radius 1 is 1.24 bits per heavy atom. The number of nitrogens with one attached hydrogen (secondary N) is 1. The number of rotatable bonds is 7. The number of nitrogens with zero attached hydrogens (tertiary/aromatic N) is 1. The lowest BCUT2D eigenvalue weighted by atomic mass is 9.71. The first-order valence-electron chi connectivity index (χ1n) is 11.6. The van der Waals surface area contributed by atoms with Crippen molar-refractivity contribution in [2.75, 3.05) is 25.1 Å². The molecule has 1 spiro atoms. The molecule has 3 heterocycles. The maximum absolute atomic E-state index is 13.6. The molecular formula is C25H28N2O6. The van der Waals surface area contributed by atoms with Crippen LogP contribution in [0.2, 0.25) is 0 Å². The fraction of sp³-hybridized carbons (Fsp3) is 0.480. The van der Waals surface area contributed by atoms with E-state index in [-0.39, 0.29) is 31.6 Å². The zero-order valence-electron chi connectivity index (χ0n) is 18.5. The van der Waals surface area contributed by atoms with E-state index in [0.717, 1.165) is 10.8 Å². The molecule has 0 aromatic heterocycles. The van der Waals surface area contributed by atoms with Crippen LogP contribution in [0.3, 0.4) is 0 Å². The molecule has 0 unspecified atom stereocenters. The van der Waals surface area contributed by atoms with Crippen LogP contribution in [0.25, 0.3) is 10.8 Å². The molecular weight excluding hydrogens is 424 g/mol. The van der Waals surface area contributed by atoms with Gasteiger partial charge in [0.1, 0.15) is 11.6 Å². The second-order valence-corrected chi connectivity index (χ2v) is 8.97. The highest BCUT2D eigenvalue weighted by molar-refractivity contribution is 6.04. The molecule has 2 bridgehead atoms. The van der Waals surface area contributed by atoms with Crippen molar-refractivity contribution in [2.24, 2.45) is 11.8 Å². The van der Waals surface area contributed by atoms with Crippen LogP contribution in [-0.4, -0.2) is 65.3 Å². The topological polar surface area (TPSA) is 105 Å². The van der Waals surface area contributed by atoms with E-state index in [2.05, 4.69) is 5.32 Å². The van der Waals surface area contributed by atoms with Gasteiger partial charge in [0.2, 0.25) is 11.8 Å². The number of amides is 2. The fourth-order valence-corrected chi connectivity index (χ4v) is 5.92. The average molecular weight is 453 g/mol. The lowest BCUT2D eigenvalue weighted by Crippen LogP contribution is -2.53. The Bertz CT molecular complexity index is 1100. The molecule has 8 heteroatoms. The number of likely N-dealkylation sites (tertiary alicyclic amines) is 1. The van der Waals surface area contributed by atoms with E-state index in [1.165, 1.54) is 4.90 Å². The molecule has 3 saturated heterocycles. The third-order valence-electron chi connectivity index (χ3n) is 7.18. The van der Waals surface area contributed by atoms with Gasteiger partial charge in [0.05, 0.1) is 24.5 Å². The monoisotopic (exact) mass is 452 g/mol. The van der Waals surface area contributed by atoms with Crippen LogP contribution >= 0.6 is 0 Å². The Morgan fingerprint density at radius 3 is 2.79 bits per heavy atom. The average Bonchev–Trinajstić information content (AvgIpc) is 3.45. The predicted octanol–water partition coefficient (Wildman–Crippen LogP) is 2.10. The highest BCUT2D eigenvalue weighted by Gasteiger charge is 2.74. The second-order valence-electron chi connectivity index (χ2n) is 8.97. The number of carbonyl (C=O) groups is 3. The molecule has 0 aliphatic carbocycles. The van der Waals surface area contributed by atoms with Crippen molar-refractivity contribution < 1.29 is 29.0 Å². The summed E-state index contributed by atoms with van der Waals surface area (Å²) in [6.45, 7) is 2.06. The first-order chi connectivity index (χ1) is 16.0. The molecule has 2 aromatic rings. The van der Waals surface area contributed by atoms with E-state index in [9.17, 15) is 19.5 Å². The zero-order valence-corrected chi connectivity index (χ0v) is 18.5. The molecule has 2 amide bonds. The van der Waals surface area contributed by atoms with Crippen LogP contribution in [0.15, 0.2) is 42.5 Å². The maximum atomic E-state index is 13.6. The van der Waals surface area contributed by atoms with E-state index >= 15 is 0 Å². The lowest BCUT2D eigenvalue weighted by molar-refractivity contribution is -0.154. The number of fused-ring (bicyclic) bond motifs is 2. The first-order valence-corrected chi connectivity index (χ1v) is 11.6. The summed E-state index contributed by atoms with van der Waals surface area (Å²) in [6, 6.07) is 12.6. The lowest BCUT2D eigenvalue weighted by Gasteiger charge is -2.33. The summed E-state index contributed by atoms with van der Waals surface area (Å²) < 4.78 is 11.5. The Kier molecular flexibility index (Phi) is 5.58. The van der Waals surface area contributed by atoms with E-state index in [1.807, 2.05) is 42.5 Å². The summed E-state index contributed by atoms with van der Waals surface area (Å²) in [7, 11) is 0. The largest absolute Gasteiger partial charge is 0.466 e. The van der Waals surface area contributed by atoms with Crippen LogP contribution in [0.4, 0.5) is 5.69 Å². The van der Waals surface area contributed by atoms with Crippen molar-refractivity contribution in [3.8, 4) is 0 Å². The van der Waals surface area contributed by atoms with E-state index in [0.29, 0.717) is 24.9 Å². The Morgan fingerprint density at radius 2 is 2.03 bits per heavy atom. The molecule has 8 nitrogen and oxygen atoms in total. The number of benzene rings is 2. The minimum Gasteiger partial charge on any atom is -0.466 e. The van der Waals surface area contributed by atoms with Crippen molar-refractivity contribution in [3.05, 3.63) is 42.5 Å². The van der Waals surface area contributed by atoms with Gasteiger partial charge in [-0.15, -0.1) is 0 Å². The zero-order chi connectivity index (χ0) is 23.2. The van der Waals surface area contributed by atoms with Crippen molar-refractivity contribution >= 4 is 34.2 Å². The number of esters is 1. The number of hydrogen-bond acceptors (Lipinski definition) is 6. The van der Waals surface area contributed by atoms with Crippen molar-refractivity contribution in [1.29, 1.82) is 0 Å². The van der Waals surface area contributed by atoms with Gasteiger partial charge in [-0.3, -0.25) is 14.4 Å². The summed E-state index contributed by atoms with van der Waals surface area (Å²) in [6.07, 6.45) is 1.03. The quantitative estimate of drug-likeness (QED) is 0.624. The highest BCUT2D eigenvalue weighted by atomic mass is 16.6. The third kappa shape index (κ3) is 3.40. The molecule has 3 aliphatic heterocycles. The highest BCUT2D eigenvalue weighted by Crippen LogP contribution is 2.58. The van der Waals surface area contributed by atoms with E-state index < -0.39 is 35.6 Å². The van der Waals surface area contributed by atoms with Crippen LogP contribution in [0.5, 0.6) is 0 Å². The van der Waals surface area contributed by atoms with Gasteiger partial charge < -0.3 is 24.8 Å². The summed E-state index contributed by atoms with van der Waals surface area (Å²) in [5.41, 5.74) is -0.433. The number of aliphatic hydroxyl groups is 1. The molecule has 2 aromatic carbocycles. The Labute approximate surface area is 191 Å². The molecule has 0 saturated carbocycles. The van der Waals surface area contributed by atoms with Gasteiger partial charge >= 0.3 is 5.97 Å². The minimum absolute atomic E-state index is 0.106. The number of hydrogen-bond donors (Lipinski definition) is 2. The molecule has 33 heavy (non-hydrogen) atoms. The molecule has 5 atom stereocenters. The van der Waals surface area contributed by atoms with Gasteiger partial charge in [0.25, 0.3) is 0 Å². The fourth-order valence-electron chi connectivity index (χ4n) is 5.92. The number of anilines is 1. The van der Waals surface area contributed by atoms with Crippen LogP contribution in [0.1, 0.15) is 26.2 Å². The summed E-state index contributed by atoms with van der Waals surface area (Å²) >= 11 is 0. The SMILES string of the molecule is CCOC(=O)[C@@H]1[C@@H]2CC[C@]3(O2)[C@H](C(=O)Nc2ccc4ccccc4c2)N(CCCO)C(=O)[C@@H]13. The van der Waals surface area contributed by atoms with Gasteiger partial charge in [-0.05, 0) is 49.1 Å². The predicted molar refractivity (Wildman–Crippen MR) is 120 cm³/mol. The van der Waals surface area contributed by atoms with E-state index in [4.69, 9.17) is 9.47 Å². The number of aliphatic hydroxyl groups excluding tert-OH is 1. The molecule has 174 valence electrons. The van der Waals surface area contributed by atoms with Gasteiger partial charge in [-0.25, -0.2) is 0 Å². The molecule has 5 rings (SSSR count). The van der Waals surface area contributed by atoms with Gasteiger partial charge in [-0.1, -0.05) is 30.3 Å². The number of ether oxygens (including phenoxy) is 2. The second kappa shape index (κ2) is 8.43. The van der Waals surface area contributed by atoms with Crippen molar-refractivity contribution in [3.63, 3.8) is 0 Å². The first kappa shape index (κ1) is 21.9. The molecule has 3 fully saturated rings. The van der Waals surface area contributed by atoms with Crippen molar-refractivity contribution in [2.45, 2.75) is 43.9 Å². The van der Waals surface area contributed by atoms with Crippen molar-refractivity contribution in [1.82, 2.24) is 4.90 Å². The minimum atomic E-state index is -1.06. The smallest absolute Gasteiger partial charge is 0.312 e. The van der Waals surface area contributed by atoms with E-state index in [1.54, 1.807) is 6.92 Å². The summed E-state index contributed by atoms with van der Waals surface area (Å²) in [5, 5.41) is 14.4. The molecule has 3 aliphatic rings. The standard InChI is InChI=1S/C25H28N2O6/c1-2-32-24(31)19-18-10-11-25(33-18)20(19)23(30)27(12-5-13-28)21(25)22(29)26-17-9-8-15-6-3-4-7-16(15)14-17/h3-4,6-9,14,18-21,28H,2,5,10-13H2,1H3,(H,26,29)/t18-,19+,20+,21-,25+/m0/s1. The molecule has 0 radical (unpaired) electrons. The van der Waals surface area contributed by atoms with Gasteiger partial charge in [-0.2, -0.15) is 0 Å². The van der Waals surface area contributed by atoms with Crippen LogP contribution in [0, 0.1) is 11.8 Å².